The first-order valence-corrected chi connectivity index (χ1v) is 6.33. The third-order valence-electron chi connectivity index (χ3n) is 2.25. The Bertz CT molecular complexity index is 337. The van der Waals surface area contributed by atoms with Crippen LogP contribution < -0.4 is 5.32 Å². The predicted molar refractivity (Wildman–Crippen MR) is 72.2 cm³/mol. The Morgan fingerprint density at radius 2 is 2.00 bits per heavy atom. The standard InChI is InChI=1S/C11H18IN3/c1-7(2)5-6-9-14-8(3)10(12)11(13-4)15-9/h7H,5-6H2,1-4H3,(H,13,14,15). The third-order valence-corrected chi connectivity index (χ3v) is 3.54. The number of hydrogen-bond acceptors (Lipinski definition) is 3. The summed E-state index contributed by atoms with van der Waals surface area (Å²) in [6.07, 6.45) is 2.10. The molecule has 1 aromatic rings. The Balaban J connectivity index is 2.86. The summed E-state index contributed by atoms with van der Waals surface area (Å²) in [5.41, 5.74) is 1.06. The molecule has 0 atom stereocenters. The second kappa shape index (κ2) is 5.63. The Morgan fingerprint density at radius 1 is 1.33 bits per heavy atom. The molecule has 0 saturated carbocycles. The maximum Gasteiger partial charge on any atom is 0.143 e. The van der Waals surface area contributed by atoms with Crippen molar-refractivity contribution in [1.82, 2.24) is 9.97 Å². The van der Waals surface area contributed by atoms with E-state index in [9.17, 15) is 0 Å². The van der Waals surface area contributed by atoms with E-state index in [-0.39, 0.29) is 0 Å². The fourth-order valence-electron chi connectivity index (χ4n) is 1.31. The van der Waals surface area contributed by atoms with Gasteiger partial charge in [0.25, 0.3) is 0 Å². The summed E-state index contributed by atoms with van der Waals surface area (Å²) in [6.45, 7) is 6.47. The van der Waals surface area contributed by atoms with Gasteiger partial charge in [0.2, 0.25) is 0 Å². The van der Waals surface area contributed by atoms with Crippen molar-refractivity contribution in [2.45, 2.75) is 33.6 Å². The Morgan fingerprint density at radius 3 is 2.53 bits per heavy atom. The zero-order valence-electron chi connectivity index (χ0n) is 9.76. The lowest BCUT2D eigenvalue weighted by atomic mass is 10.1. The van der Waals surface area contributed by atoms with Gasteiger partial charge in [-0.05, 0) is 41.9 Å². The number of aryl methyl sites for hydroxylation is 2. The van der Waals surface area contributed by atoms with Crippen molar-refractivity contribution in [3.63, 3.8) is 0 Å². The molecule has 0 aromatic carbocycles. The molecular formula is C11H18IN3. The number of aromatic nitrogens is 2. The molecule has 0 aliphatic carbocycles. The minimum absolute atomic E-state index is 0.700. The normalized spacial score (nSPS) is 10.8. The molecule has 3 nitrogen and oxygen atoms in total. The Hall–Kier alpha value is -0.390. The molecule has 0 fully saturated rings. The van der Waals surface area contributed by atoms with Crippen LogP contribution in [0, 0.1) is 16.4 Å². The van der Waals surface area contributed by atoms with E-state index in [0.717, 1.165) is 33.7 Å². The molecule has 1 aromatic heterocycles. The van der Waals surface area contributed by atoms with Crippen molar-refractivity contribution in [2.24, 2.45) is 5.92 Å². The van der Waals surface area contributed by atoms with Gasteiger partial charge in [-0.3, -0.25) is 0 Å². The van der Waals surface area contributed by atoms with Crippen LogP contribution in [0.4, 0.5) is 5.82 Å². The van der Waals surface area contributed by atoms with E-state index in [0.29, 0.717) is 5.92 Å². The smallest absolute Gasteiger partial charge is 0.143 e. The molecule has 4 heteroatoms. The quantitative estimate of drug-likeness (QED) is 0.867. The van der Waals surface area contributed by atoms with Crippen molar-refractivity contribution < 1.29 is 0 Å². The lowest BCUT2D eigenvalue weighted by Crippen LogP contribution is -2.06. The van der Waals surface area contributed by atoms with Crippen LogP contribution in [-0.2, 0) is 6.42 Å². The molecule has 1 rings (SSSR count). The fraction of sp³-hybridized carbons (Fsp3) is 0.636. The molecule has 0 unspecified atom stereocenters. The summed E-state index contributed by atoms with van der Waals surface area (Å²) in [5.74, 6) is 2.60. The highest BCUT2D eigenvalue weighted by Gasteiger charge is 2.08. The minimum atomic E-state index is 0.700. The highest BCUT2D eigenvalue weighted by molar-refractivity contribution is 14.1. The van der Waals surface area contributed by atoms with Crippen molar-refractivity contribution in [3.05, 3.63) is 15.1 Å². The molecule has 0 amide bonds. The van der Waals surface area contributed by atoms with E-state index in [1.807, 2.05) is 14.0 Å². The van der Waals surface area contributed by atoms with E-state index in [1.54, 1.807) is 0 Å². The molecule has 1 N–H and O–H groups in total. The molecule has 0 saturated heterocycles. The van der Waals surface area contributed by atoms with Gasteiger partial charge in [0, 0.05) is 13.5 Å². The van der Waals surface area contributed by atoms with E-state index in [2.05, 4.69) is 51.7 Å². The van der Waals surface area contributed by atoms with Crippen LogP contribution in [0.15, 0.2) is 0 Å². The average molecular weight is 319 g/mol. The van der Waals surface area contributed by atoms with Crippen LogP contribution in [-0.4, -0.2) is 17.0 Å². The van der Waals surface area contributed by atoms with Gasteiger partial charge in [-0.15, -0.1) is 0 Å². The number of rotatable bonds is 4. The van der Waals surface area contributed by atoms with Gasteiger partial charge in [-0.1, -0.05) is 13.8 Å². The summed E-state index contributed by atoms with van der Waals surface area (Å²) in [4.78, 5) is 8.99. The molecule has 84 valence electrons. The monoisotopic (exact) mass is 319 g/mol. The van der Waals surface area contributed by atoms with Gasteiger partial charge in [-0.25, -0.2) is 9.97 Å². The van der Waals surface area contributed by atoms with Gasteiger partial charge in [0.05, 0.1) is 9.26 Å². The second-order valence-corrected chi connectivity index (χ2v) is 5.15. The van der Waals surface area contributed by atoms with Crippen molar-refractivity contribution in [1.29, 1.82) is 0 Å². The molecule has 0 radical (unpaired) electrons. The topological polar surface area (TPSA) is 37.8 Å². The van der Waals surface area contributed by atoms with Gasteiger partial charge in [0.1, 0.15) is 11.6 Å². The largest absolute Gasteiger partial charge is 0.372 e. The summed E-state index contributed by atoms with van der Waals surface area (Å²) in [6, 6.07) is 0. The highest BCUT2D eigenvalue weighted by Crippen LogP contribution is 2.18. The fourth-order valence-corrected chi connectivity index (χ4v) is 1.82. The van der Waals surface area contributed by atoms with Gasteiger partial charge >= 0.3 is 0 Å². The predicted octanol–water partition coefficient (Wildman–Crippen LogP) is 3.02. The van der Waals surface area contributed by atoms with Gasteiger partial charge in [-0.2, -0.15) is 0 Å². The number of hydrogen-bond donors (Lipinski definition) is 1. The highest BCUT2D eigenvalue weighted by atomic mass is 127. The number of halogens is 1. The van der Waals surface area contributed by atoms with E-state index < -0.39 is 0 Å². The van der Waals surface area contributed by atoms with Crippen LogP contribution in [0.3, 0.4) is 0 Å². The summed E-state index contributed by atoms with van der Waals surface area (Å²) < 4.78 is 1.11. The SMILES string of the molecule is CNc1nc(CCC(C)C)nc(C)c1I. The zero-order valence-corrected chi connectivity index (χ0v) is 11.9. The minimum Gasteiger partial charge on any atom is -0.372 e. The summed E-state index contributed by atoms with van der Waals surface area (Å²) >= 11 is 2.28. The van der Waals surface area contributed by atoms with Crippen LogP contribution in [0.5, 0.6) is 0 Å². The lowest BCUT2D eigenvalue weighted by Gasteiger charge is -2.09. The number of anilines is 1. The van der Waals surface area contributed by atoms with Crippen LogP contribution in [0.1, 0.15) is 31.8 Å². The third kappa shape index (κ3) is 3.59. The maximum atomic E-state index is 4.49. The van der Waals surface area contributed by atoms with Crippen LogP contribution >= 0.6 is 22.6 Å². The maximum absolute atomic E-state index is 4.49. The average Bonchev–Trinajstić information content (AvgIpc) is 2.19. The van der Waals surface area contributed by atoms with Crippen molar-refractivity contribution >= 4 is 28.4 Å². The molecule has 1 heterocycles. The molecule has 0 aliphatic heterocycles. The van der Waals surface area contributed by atoms with Crippen LogP contribution in [0.25, 0.3) is 0 Å². The van der Waals surface area contributed by atoms with Crippen LogP contribution in [0.2, 0.25) is 0 Å². The second-order valence-electron chi connectivity index (χ2n) is 4.07. The first kappa shape index (κ1) is 12.7. The van der Waals surface area contributed by atoms with E-state index >= 15 is 0 Å². The van der Waals surface area contributed by atoms with Gasteiger partial charge in [0.15, 0.2) is 0 Å². The first-order chi connectivity index (χ1) is 7.04. The Labute approximate surface area is 105 Å². The lowest BCUT2D eigenvalue weighted by molar-refractivity contribution is 0.574. The molecular weight excluding hydrogens is 301 g/mol. The number of nitrogens with one attached hydrogen (secondary N) is 1. The number of nitrogens with zero attached hydrogens (tertiary/aromatic N) is 2. The molecule has 0 aliphatic rings. The molecule has 0 spiro atoms. The summed E-state index contributed by atoms with van der Waals surface area (Å²) in [7, 11) is 1.90. The molecule has 0 bridgehead atoms. The van der Waals surface area contributed by atoms with Gasteiger partial charge < -0.3 is 5.32 Å². The molecule has 15 heavy (non-hydrogen) atoms. The van der Waals surface area contributed by atoms with Crippen molar-refractivity contribution in [2.75, 3.05) is 12.4 Å². The Kier molecular flexibility index (Phi) is 4.76. The zero-order chi connectivity index (χ0) is 11.4. The summed E-state index contributed by atoms with van der Waals surface area (Å²) in [5, 5.41) is 3.11. The van der Waals surface area contributed by atoms with Crippen molar-refractivity contribution in [3.8, 4) is 0 Å². The van der Waals surface area contributed by atoms with E-state index in [4.69, 9.17) is 0 Å². The first-order valence-electron chi connectivity index (χ1n) is 5.25. The van der Waals surface area contributed by atoms with E-state index in [1.165, 1.54) is 0 Å².